The molecule has 0 aromatic heterocycles. The predicted octanol–water partition coefficient (Wildman–Crippen LogP) is 4.49. The second kappa shape index (κ2) is 9.93. The van der Waals surface area contributed by atoms with E-state index in [2.05, 4.69) is 10.6 Å². The van der Waals surface area contributed by atoms with E-state index >= 15 is 0 Å². The number of ether oxygens (including phenoxy) is 1. The second-order valence-electron chi connectivity index (χ2n) is 7.40. The third kappa shape index (κ3) is 5.84. The Morgan fingerprint density at radius 1 is 1.04 bits per heavy atom. The van der Waals surface area contributed by atoms with Crippen molar-refractivity contribution in [1.29, 1.82) is 0 Å². The smallest absolute Gasteiger partial charge is 0.265 e. The molecule has 0 fully saturated rings. The van der Waals surface area contributed by atoms with E-state index in [-0.39, 0.29) is 11.8 Å². The van der Waals surface area contributed by atoms with Gasteiger partial charge in [-0.05, 0) is 61.6 Å². The van der Waals surface area contributed by atoms with E-state index in [0.29, 0.717) is 35.9 Å². The molecule has 0 aliphatic heterocycles. The van der Waals surface area contributed by atoms with Crippen LogP contribution in [0, 0.1) is 19.8 Å². The van der Waals surface area contributed by atoms with Gasteiger partial charge in [0.05, 0.1) is 11.3 Å². The Labute approximate surface area is 167 Å². The molecule has 1 unspecified atom stereocenters. The Morgan fingerprint density at radius 2 is 1.75 bits per heavy atom. The number of benzene rings is 2. The van der Waals surface area contributed by atoms with Gasteiger partial charge < -0.3 is 15.4 Å². The third-order valence-corrected chi connectivity index (χ3v) is 4.52. The van der Waals surface area contributed by atoms with Gasteiger partial charge in [-0.1, -0.05) is 39.0 Å². The lowest BCUT2D eigenvalue weighted by Gasteiger charge is -2.19. The summed E-state index contributed by atoms with van der Waals surface area (Å²) in [6.07, 6.45) is -0.130. The molecular weight excluding hydrogens is 352 g/mol. The number of carbonyl (C=O) groups is 2. The number of nitrogens with one attached hydrogen (secondary N) is 2. The molecule has 0 heterocycles. The van der Waals surface area contributed by atoms with Gasteiger partial charge in [-0.3, -0.25) is 9.59 Å². The normalized spacial score (nSPS) is 11.8. The van der Waals surface area contributed by atoms with E-state index in [0.717, 1.165) is 5.56 Å². The molecule has 0 spiro atoms. The van der Waals surface area contributed by atoms with Gasteiger partial charge in [0.2, 0.25) is 0 Å². The third-order valence-electron chi connectivity index (χ3n) is 4.52. The second-order valence-corrected chi connectivity index (χ2v) is 7.40. The van der Waals surface area contributed by atoms with Crippen molar-refractivity contribution in [3.63, 3.8) is 0 Å². The van der Waals surface area contributed by atoms with Crippen molar-refractivity contribution in [3.8, 4) is 5.75 Å². The van der Waals surface area contributed by atoms with Gasteiger partial charge >= 0.3 is 0 Å². The summed E-state index contributed by atoms with van der Waals surface area (Å²) in [5, 5.41) is 5.74. The first kappa shape index (κ1) is 21.5. The van der Waals surface area contributed by atoms with Crippen LogP contribution in [0.25, 0.3) is 0 Å². The molecule has 2 aromatic rings. The zero-order valence-corrected chi connectivity index (χ0v) is 17.3. The van der Waals surface area contributed by atoms with Crippen LogP contribution in [0.3, 0.4) is 0 Å². The van der Waals surface area contributed by atoms with Gasteiger partial charge in [0.1, 0.15) is 5.75 Å². The highest BCUT2D eigenvalue weighted by Gasteiger charge is 2.21. The lowest BCUT2D eigenvalue weighted by Crippen LogP contribution is -2.34. The highest BCUT2D eigenvalue weighted by atomic mass is 16.5. The first-order valence-electron chi connectivity index (χ1n) is 9.73. The van der Waals surface area contributed by atoms with E-state index in [4.69, 9.17) is 4.74 Å². The summed E-state index contributed by atoms with van der Waals surface area (Å²) in [6.45, 7) is 10.6. The molecule has 5 heteroatoms. The van der Waals surface area contributed by atoms with Crippen LogP contribution in [0.5, 0.6) is 5.75 Å². The first-order chi connectivity index (χ1) is 13.3. The van der Waals surface area contributed by atoms with Crippen LogP contribution in [0.2, 0.25) is 0 Å². The Hall–Kier alpha value is -2.82. The lowest BCUT2D eigenvalue weighted by molar-refractivity contribution is -0.122. The number of amides is 2. The molecule has 2 amide bonds. The molecule has 150 valence electrons. The average Bonchev–Trinajstić information content (AvgIpc) is 2.67. The summed E-state index contributed by atoms with van der Waals surface area (Å²) >= 11 is 0. The number of aryl methyl sites for hydroxylation is 2. The number of para-hydroxylation sites is 1. The summed E-state index contributed by atoms with van der Waals surface area (Å²) in [7, 11) is 0. The molecule has 5 nitrogen and oxygen atoms in total. The topological polar surface area (TPSA) is 67.4 Å². The SMILES string of the molecule is CCC(Oc1ccc(C)c(C)c1)C(=O)Nc1ccccc1C(=O)NCC(C)C. The zero-order chi connectivity index (χ0) is 20.7. The minimum Gasteiger partial charge on any atom is -0.481 e. The van der Waals surface area contributed by atoms with Crippen molar-refractivity contribution in [1.82, 2.24) is 5.32 Å². The molecule has 0 radical (unpaired) electrons. The van der Waals surface area contributed by atoms with Crippen LogP contribution in [-0.2, 0) is 4.79 Å². The maximum absolute atomic E-state index is 12.8. The molecule has 2 rings (SSSR count). The summed E-state index contributed by atoms with van der Waals surface area (Å²) in [4.78, 5) is 25.2. The van der Waals surface area contributed by atoms with E-state index < -0.39 is 6.10 Å². The van der Waals surface area contributed by atoms with Crippen LogP contribution in [0.4, 0.5) is 5.69 Å². The van der Waals surface area contributed by atoms with Crippen LogP contribution in [0.15, 0.2) is 42.5 Å². The molecular formula is C23H30N2O3. The van der Waals surface area contributed by atoms with Crippen molar-refractivity contribution in [2.75, 3.05) is 11.9 Å². The Kier molecular flexibility index (Phi) is 7.61. The van der Waals surface area contributed by atoms with Crippen LogP contribution >= 0.6 is 0 Å². The van der Waals surface area contributed by atoms with Gasteiger partial charge in [-0.15, -0.1) is 0 Å². The maximum atomic E-state index is 12.8. The van der Waals surface area contributed by atoms with Crippen molar-refractivity contribution >= 4 is 17.5 Å². The van der Waals surface area contributed by atoms with Gasteiger partial charge in [0.25, 0.3) is 11.8 Å². The molecule has 2 aromatic carbocycles. The van der Waals surface area contributed by atoms with Gasteiger partial charge in [0.15, 0.2) is 6.10 Å². The zero-order valence-electron chi connectivity index (χ0n) is 17.3. The van der Waals surface area contributed by atoms with E-state index in [1.165, 1.54) is 5.56 Å². The Balaban J connectivity index is 2.11. The van der Waals surface area contributed by atoms with Gasteiger partial charge in [-0.2, -0.15) is 0 Å². The largest absolute Gasteiger partial charge is 0.481 e. The van der Waals surface area contributed by atoms with Crippen molar-refractivity contribution in [3.05, 3.63) is 59.2 Å². The maximum Gasteiger partial charge on any atom is 0.265 e. The molecule has 0 aliphatic carbocycles. The first-order valence-corrected chi connectivity index (χ1v) is 9.73. The number of rotatable bonds is 8. The Morgan fingerprint density at radius 3 is 2.39 bits per heavy atom. The highest BCUT2D eigenvalue weighted by Crippen LogP contribution is 2.20. The summed E-state index contributed by atoms with van der Waals surface area (Å²) in [6, 6.07) is 12.8. The van der Waals surface area contributed by atoms with E-state index in [1.807, 2.05) is 52.8 Å². The fourth-order valence-electron chi connectivity index (χ4n) is 2.67. The fourth-order valence-corrected chi connectivity index (χ4v) is 2.67. The average molecular weight is 383 g/mol. The number of anilines is 1. The molecule has 0 bridgehead atoms. The highest BCUT2D eigenvalue weighted by molar-refractivity contribution is 6.04. The quantitative estimate of drug-likeness (QED) is 0.707. The number of hydrogen-bond donors (Lipinski definition) is 2. The van der Waals surface area contributed by atoms with Crippen molar-refractivity contribution in [2.45, 2.75) is 47.1 Å². The predicted molar refractivity (Wildman–Crippen MR) is 113 cm³/mol. The van der Waals surface area contributed by atoms with Gasteiger partial charge in [0, 0.05) is 6.54 Å². The molecule has 28 heavy (non-hydrogen) atoms. The molecule has 0 saturated carbocycles. The number of hydrogen-bond acceptors (Lipinski definition) is 3. The van der Waals surface area contributed by atoms with Crippen molar-refractivity contribution in [2.24, 2.45) is 5.92 Å². The lowest BCUT2D eigenvalue weighted by atomic mass is 10.1. The fraction of sp³-hybridized carbons (Fsp3) is 0.391. The van der Waals surface area contributed by atoms with Crippen LogP contribution in [0.1, 0.15) is 48.7 Å². The molecule has 0 aliphatic rings. The summed E-state index contributed by atoms with van der Waals surface area (Å²) < 4.78 is 5.90. The van der Waals surface area contributed by atoms with E-state index in [1.54, 1.807) is 24.3 Å². The summed E-state index contributed by atoms with van der Waals surface area (Å²) in [5.74, 6) is 0.534. The molecule has 0 saturated heterocycles. The minimum absolute atomic E-state index is 0.201. The van der Waals surface area contributed by atoms with Crippen molar-refractivity contribution < 1.29 is 14.3 Å². The number of carbonyl (C=O) groups excluding carboxylic acids is 2. The van der Waals surface area contributed by atoms with Crippen LogP contribution < -0.4 is 15.4 Å². The summed E-state index contributed by atoms with van der Waals surface area (Å²) in [5.41, 5.74) is 3.21. The standard InChI is InChI=1S/C23H30N2O3/c1-6-21(28-18-12-11-16(4)17(5)13-18)23(27)25-20-10-8-7-9-19(20)22(26)24-14-15(2)3/h7-13,15,21H,6,14H2,1-5H3,(H,24,26)(H,25,27). The van der Waals surface area contributed by atoms with Gasteiger partial charge in [-0.25, -0.2) is 0 Å². The Bertz CT molecular complexity index is 830. The van der Waals surface area contributed by atoms with Crippen LogP contribution in [-0.4, -0.2) is 24.5 Å². The monoisotopic (exact) mass is 382 g/mol. The molecule has 1 atom stereocenters. The minimum atomic E-state index is -0.645. The van der Waals surface area contributed by atoms with E-state index in [9.17, 15) is 9.59 Å². The molecule has 2 N–H and O–H groups in total.